The number of halogens is 1. The molecule has 0 radical (unpaired) electrons. The van der Waals surface area contributed by atoms with Gasteiger partial charge in [0.15, 0.2) is 0 Å². The smallest absolute Gasteiger partial charge is 0.262 e. The van der Waals surface area contributed by atoms with E-state index in [1.807, 2.05) is 0 Å². The number of hydrogen-bond donors (Lipinski definition) is 3. The van der Waals surface area contributed by atoms with E-state index in [-0.39, 0.29) is 11.4 Å². The summed E-state index contributed by atoms with van der Waals surface area (Å²) in [7, 11) is -3.76. The van der Waals surface area contributed by atoms with Gasteiger partial charge in [0.25, 0.3) is 10.0 Å². The van der Waals surface area contributed by atoms with E-state index in [1.54, 1.807) is 26.8 Å². The number of nitrogens with two attached hydrogens (primary N) is 1. The first-order chi connectivity index (χ1) is 9.76. The molecule has 6 nitrogen and oxygen atoms in total. The van der Waals surface area contributed by atoms with E-state index in [4.69, 9.17) is 17.3 Å². The minimum Gasteiger partial charge on any atom is -0.326 e. The van der Waals surface area contributed by atoms with E-state index < -0.39 is 10.0 Å². The molecule has 1 aromatic heterocycles. The second kappa shape index (κ2) is 5.67. The van der Waals surface area contributed by atoms with E-state index in [0.29, 0.717) is 33.2 Å². The third kappa shape index (κ3) is 3.04. The zero-order chi connectivity index (χ0) is 15.8. The SMILES string of the molecule is Cc1n[nH]c(C)c1NS(=O)(=O)c1cc(Cl)cc(CN)c1C. The Labute approximate surface area is 128 Å². The van der Waals surface area contributed by atoms with Crippen LogP contribution in [0.3, 0.4) is 0 Å². The van der Waals surface area contributed by atoms with Gasteiger partial charge in [0.1, 0.15) is 0 Å². The molecule has 114 valence electrons. The maximum Gasteiger partial charge on any atom is 0.262 e. The van der Waals surface area contributed by atoms with Crippen LogP contribution in [-0.2, 0) is 16.6 Å². The van der Waals surface area contributed by atoms with Crippen molar-refractivity contribution in [1.29, 1.82) is 0 Å². The highest BCUT2D eigenvalue weighted by Crippen LogP contribution is 2.27. The molecule has 0 unspecified atom stereocenters. The summed E-state index contributed by atoms with van der Waals surface area (Å²) >= 11 is 5.98. The number of H-pyrrole nitrogens is 1. The summed E-state index contributed by atoms with van der Waals surface area (Å²) in [6, 6.07) is 3.09. The molecule has 0 aliphatic heterocycles. The van der Waals surface area contributed by atoms with Crippen molar-refractivity contribution in [2.75, 3.05) is 4.72 Å². The largest absolute Gasteiger partial charge is 0.326 e. The predicted octanol–water partition coefficient (Wildman–Crippen LogP) is 2.25. The lowest BCUT2D eigenvalue weighted by Crippen LogP contribution is -2.16. The van der Waals surface area contributed by atoms with Gasteiger partial charge in [-0.2, -0.15) is 5.10 Å². The lowest BCUT2D eigenvalue weighted by molar-refractivity contribution is 0.600. The average Bonchev–Trinajstić information content (AvgIpc) is 2.72. The third-order valence-electron chi connectivity index (χ3n) is 3.31. The van der Waals surface area contributed by atoms with Crippen molar-refractivity contribution in [3.8, 4) is 0 Å². The van der Waals surface area contributed by atoms with Crippen molar-refractivity contribution in [3.63, 3.8) is 0 Å². The Hall–Kier alpha value is -1.57. The van der Waals surface area contributed by atoms with Gasteiger partial charge in [-0.3, -0.25) is 9.82 Å². The van der Waals surface area contributed by atoms with Gasteiger partial charge in [0.05, 0.1) is 22.0 Å². The molecule has 0 aliphatic rings. The number of aromatic nitrogens is 2. The fraction of sp³-hybridized carbons (Fsp3) is 0.308. The standard InChI is InChI=1S/C13H17ClN4O2S/c1-7-10(6-15)4-11(14)5-12(7)21(19,20)18-13-8(2)16-17-9(13)3/h4-5,18H,6,15H2,1-3H3,(H,16,17). The van der Waals surface area contributed by atoms with Gasteiger partial charge in [-0.1, -0.05) is 11.6 Å². The molecule has 2 aromatic rings. The summed E-state index contributed by atoms with van der Waals surface area (Å²) in [5.74, 6) is 0. The maximum atomic E-state index is 12.6. The molecule has 8 heteroatoms. The number of nitrogens with zero attached hydrogens (tertiary/aromatic N) is 1. The van der Waals surface area contributed by atoms with Gasteiger partial charge in [0, 0.05) is 11.6 Å². The number of benzene rings is 1. The van der Waals surface area contributed by atoms with E-state index >= 15 is 0 Å². The third-order valence-corrected chi connectivity index (χ3v) is 5.00. The van der Waals surface area contributed by atoms with Crippen LogP contribution in [0.2, 0.25) is 5.02 Å². The van der Waals surface area contributed by atoms with Crippen molar-refractivity contribution in [1.82, 2.24) is 10.2 Å². The Morgan fingerprint density at radius 1 is 1.33 bits per heavy atom. The Bertz CT molecular complexity index is 764. The van der Waals surface area contributed by atoms with E-state index in [0.717, 1.165) is 0 Å². The molecule has 21 heavy (non-hydrogen) atoms. The summed E-state index contributed by atoms with van der Waals surface area (Å²) in [5, 5.41) is 7.04. The fourth-order valence-electron chi connectivity index (χ4n) is 2.09. The molecule has 1 heterocycles. The quantitative estimate of drug-likeness (QED) is 0.801. The van der Waals surface area contributed by atoms with Crippen LogP contribution in [0, 0.1) is 20.8 Å². The summed E-state index contributed by atoms with van der Waals surface area (Å²) in [5.41, 5.74) is 8.59. The Morgan fingerprint density at radius 3 is 2.52 bits per heavy atom. The molecule has 0 amide bonds. The molecule has 0 atom stereocenters. The first-order valence-corrected chi connectivity index (χ1v) is 8.16. The molecule has 1 aromatic carbocycles. The normalized spacial score (nSPS) is 11.7. The molecule has 0 spiro atoms. The van der Waals surface area contributed by atoms with Crippen LogP contribution in [0.15, 0.2) is 17.0 Å². The van der Waals surface area contributed by atoms with Gasteiger partial charge < -0.3 is 5.73 Å². The Kier molecular flexibility index (Phi) is 4.27. The zero-order valence-corrected chi connectivity index (χ0v) is 13.6. The van der Waals surface area contributed by atoms with Crippen LogP contribution in [0.25, 0.3) is 0 Å². The van der Waals surface area contributed by atoms with E-state index in [1.165, 1.54) is 6.07 Å². The lowest BCUT2D eigenvalue weighted by atomic mass is 10.1. The van der Waals surface area contributed by atoms with E-state index in [9.17, 15) is 8.42 Å². The van der Waals surface area contributed by atoms with Crippen molar-refractivity contribution in [2.24, 2.45) is 5.73 Å². The van der Waals surface area contributed by atoms with Crippen LogP contribution in [-0.4, -0.2) is 18.6 Å². The molecular formula is C13H17ClN4O2S. The van der Waals surface area contributed by atoms with Gasteiger partial charge in [-0.15, -0.1) is 0 Å². The molecule has 4 N–H and O–H groups in total. The predicted molar refractivity (Wildman–Crippen MR) is 83.0 cm³/mol. The number of aromatic amines is 1. The number of sulfonamides is 1. The highest BCUT2D eigenvalue weighted by Gasteiger charge is 2.22. The minimum atomic E-state index is -3.76. The first-order valence-electron chi connectivity index (χ1n) is 6.29. The topological polar surface area (TPSA) is 101 Å². The average molecular weight is 329 g/mol. The highest BCUT2D eigenvalue weighted by molar-refractivity contribution is 7.92. The number of nitrogens with one attached hydrogen (secondary N) is 2. The zero-order valence-electron chi connectivity index (χ0n) is 12.0. The molecular weight excluding hydrogens is 312 g/mol. The number of hydrogen-bond acceptors (Lipinski definition) is 4. The second-order valence-electron chi connectivity index (χ2n) is 4.81. The summed E-state index contributed by atoms with van der Waals surface area (Å²) in [4.78, 5) is 0.121. The van der Waals surface area contributed by atoms with Crippen LogP contribution >= 0.6 is 11.6 Å². The number of anilines is 1. The van der Waals surface area contributed by atoms with Crippen LogP contribution in [0.5, 0.6) is 0 Å². The highest BCUT2D eigenvalue weighted by atomic mass is 35.5. The number of rotatable bonds is 4. The van der Waals surface area contributed by atoms with Crippen LogP contribution < -0.4 is 10.5 Å². The first kappa shape index (κ1) is 15.8. The molecule has 0 fully saturated rings. The molecule has 0 aliphatic carbocycles. The Balaban J connectivity index is 2.53. The minimum absolute atomic E-state index is 0.121. The van der Waals surface area contributed by atoms with Crippen molar-refractivity contribution in [3.05, 3.63) is 39.7 Å². The second-order valence-corrected chi connectivity index (χ2v) is 6.89. The Morgan fingerprint density at radius 2 is 2.00 bits per heavy atom. The summed E-state index contributed by atoms with van der Waals surface area (Å²) in [6.45, 7) is 5.40. The molecule has 0 bridgehead atoms. The van der Waals surface area contributed by atoms with Crippen LogP contribution in [0.1, 0.15) is 22.5 Å². The van der Waals surface area contributed by atoms with Crippen molar-refractivity contribution >= 4 is 27.3 Å². The molecule has 2 rings (SSSR count). The van der Waals surface area contributed by atoms with Crippen LogP contribution in [0.4, 0.5) is 5.69 Å². The molecule has 0 saturated carbocycles. The molecule has 0 saturated heterocycles. The van der Waals surface area contributed by atoms with Gasteiger partial charge >= 0.3 is 0 Å². The summed E-state index contributed by atoms with van der Waals surface area (Å²) in [6.07, 6.45) is 0. The van der Waals surface area contributed by atoms with Gasteiger partial charge in [-0.25, -0.2) is 8.42 Å². The fourth-order valence-corrected chi connectivity index (χ4v) is 3.89. The van der Waals surface area contributed by atoms with Gasteiger partial charge in [0.2, 0.25) is 0 Å². The maximum absolute atomic E-state index is 12.6. The van der Waals surface area contributed by atoms with E-state index in [2.05, 4.69) is 14.9 Å². The number of aryl methyl sites for hydroxylation is 2. The van der Waals surface area contributed by atoms with Gasteiger partial charge in [-0.05, 0) is 44.0 Å². The van der Waals surface area contributed by atoms with Crippen molar-refractivity contribution in [2.45, 2.75) is 32.2 Å². The summed E-state index contributed by atoms with van der Waals surface area (Å²) < 4.78 is 27.7. The monoisotopic (exact) mass is 328 g/mol. The lowest BCUT2D eigenvalue weighted by Gasteiger charge is -2.13. The van der Waals surface area contributed by atoms with Crippen molar-refractivity contribution < 1.29 is 8.42 Å².